The molecule has 0 unspecified atom stereocenters. The van der Waals surface area contributed by atoms with E-state index in [9.17, 15) is 0 Å². The van der Waals surface area contributed by atoms with Gasteiger partial charge >= 0.3 is 0 Å². The highest BCUT2D eigenvalue weighted by atomic mass is 16.7. The lowest BCUT2D eigenvalue weighted by atomic mass is 10.0. The van der Waals surface area contributed by atoms with Gasteiger partial charge in [0.25, 0.3) is 0 Å². The summed E-state index contributed by atoms with van der Waals surface area (Å²) in [6, 6.07) is 37.2. The van der Waals surface area contributed by atoms with E-state index in [4.69, 9.17) is 9.47 Å². The Bertz CT molecular complexity index is 992. The van der Waals surface area contributed by atoms with Crippen molar-refractivity contribution in [3.8, 4) is 22.6 Å². The summed E-state index contributed by atoms with van der Waals surface area (Å²) in [5.41, 5.74) is 5.03. The van der Waals surface area contributed by atoms with Crippen LogP contribution in [-0.4, -0.2) is 6.79 Å². The summed E-state index contributed by atoms with van der Waals surface area (Å²) >= 11 is 0. The summed E-state index contributed by atoms with van der Waals surface area (Å²) < 4.78 is 11.4. The molecular formula is C27H24O2. The van der Waals surface area contributed by atoms with Crippen LogP contribution >= 0.6 is 0 Å². The standard InChI is InChI=1S/C27H24O2/c1-3-7-22(8-4-1)11-12-23-13-17-26(18-14-23)28-21-29-27-19-15-25(16-20-27)24-9-5-2-6-10-24/h1-10,13-20H,11-12,21H2. The minimum atomic E-state index is 0.189. The molecule has 0 spiro atoms. The van der Waals surface area contributed by atoms with Crippen LogP contribution in [-0.2, 0) is 12.8 Å². The molecule has 0 N–H and O–H groups in total. The van der Waals surface area contributed by atoms with Crippen molar-refractivity contribution in [1.82, 2.24) is 0 Å². The summed E-state index contributed by atoms with van der Waals surface area (Å²) in [6.07, 6.45) is 2.07. The SMILES string of the molecule is c1ccc(CCc2ccc(OCOc3ccc(-c4ccccc4)cc3)cc2)cc1. The molecule has 4 aromatic carbocycles. The maximum absolute atomic E-state index is 5.72. The third-order valence-electron chi connectivity index (χ3n) is 4.88. The maximum Gasteiger partial charge on any atom is 0.230 e. The van der Waals surface area contributed by atoms with Gasteiger partial charge in [-0.15, -0.1) is 0 Å². The Morgan fingerprint density at radius 2 is 0.862 bits per heavy atom. The van der Waals surface area contributed by atoms with Crippen LogP contribution in [0.1, 0.15) is 11.1 Å². The molecule has 0 saturated carbocycles. The van der Waals surface area contributed by atoms with Crippen molar-refractivity contribution in [3.63, 3.8) is 0 Å². The number of hydrogen-bond donors (Lipinski definition) is 0. The average Bonchev–Trinajstić information content (AvgIpc) is 2.80. The summed E-state index contributed by atoms with van der Waals surface area (Å²) in [7, 11) is 0. The number of ether oxygens (including phenoxy) is 2. The first kappa shape index (κ1) is 18.8. The van der Waals surface area contributed by atoms with Gasteiger partial charge in [0.2, 0.25) is 6.79 Å². The molecule has 0 amide bonds. The molecule has 0 fully saturated rings. The molecule has 0 radical (unpaired) electrons. The van der Waals surface area contributed by atoms with E-state index >= 15 is 0 Å². The first-order valence-corrected chi connectivity index (χ1v) is 9.91. The maximum atomic E-state index is 5.72. The Labute approximate surface area is 172 Å². The Morgan fingerprint density at radius 3 is 1.45 bits per heavy atom. The third-order valence-corrected chi connectivity index (χ3v) is 4.88. The molecule has 0 bridgehead atoms. The number of benzene rings is 4. The first-order valence-electron chi connectivity index (χ1n) is 9.91. The molecule has 2 heteroatoms. The number of aryl methyl sites for hydroxylation is 2. The molecule has 0 atom stereocenters. The molecule has 0 aliphatic rings. The van der Waals surface area contributed by atoms with Gasteiger partial charge in [-0.3, -0.25) is 0 Å². The van der Waals surface area contributed by atoms with Gasteiger partial charge in [-0.05, 0) is 59.4 Å². The van der Waals surface area contributed by atoms with E-state index in [2.05, 4.69) is 66.7 Å². The van der Waals surface area contributed by atoms with E-state index in [-0.39, 0.29) is 6.79 Å². The summed E-state index contributed by atoms with van der Waals surface area (Å²) in [5, 5.41) is 0. The molecule has 0 aliphatic heterocycles. The fraction of sp³-hybridized carbons (Fsp3) is 0.111. The predicted octanol–water partition coefficient (Wildman–Crippen LogP) is 6.55. The zero-order chi connectivity index (χ0) is 19.7. The van der Waals surface area contributed by atoms with E-state index in [0.717, 1.165) is 24.3 Å². The highest BCUT2D eigenvalue weighted by Crippen LogP contribution is 2.22. The summed E-state index contributed by atoms with van der Waals surface area (Å²) in [5.74, 6) is 1.61. The highest BCUT2D eigenvalue weighted by Gasteiger charge is 2.00. The van der Waals surface area contributed by atoms with Crippen molar-refractivity contribution < 1.29 is 9.47 Å². The van der Waals surface area contributed by atoms with E-state index in [1.54, 1.807) is 0 Å². The summed E-state index contributed by atoms with van der Waals surface area (Å²) in [4.78, 5) is 0. The predicted molar refractivity (Wildman–Crippen MR) is 118 cm³/mol. The van der Waals surface area contributed by atoms with Gasteiger partial charge in [0, 0.05) is 0 Å². The fourth-order valence-corrected chi connectivity index (χ4v) is 3.23. The van der Waals surface area contributed by atoms with Crippen LogP contribution < -0.4 is 9.47 Å². The van der Waals surface area contributed by atoms with Gasteiger partial charge in [0.1, 0.15) is 11.5 Å². The van der Waals surface area contributed by atoms with Crippen molar-refractivity contribution in [3.05, 3.63) is 120 Å². The van der Waals surface area contributed by atoms with E-state index in [1.807, 2.05) is 42.5 Å². The fourth-order valence-electron chi connectivity index (χ4n) is 3.23. The van der Waals surface area contributed by atoms with Crippen molar-refractivity contribution in [2.45, 2.75) is 12.8 Å². The van der Waals surface area contributed by atoms with Crippen LogP contribution in [0.15, 0.2) is 109 Å². The van der Waals surface area contributed by atoms with Gasteiger partial charge in [-0.25, -0.2) is 0 Å². The normalized spacial score (nSPS) is 10.5. The lowest BCUT2D eigenvalue weighted by Crippen LogP contribution is -2.05. The van der Waals surface area contributed by atoms with Gasteiger partial charge in [-0.2, -0.15) is 0 Å². The minimum Gasteiger partial charge on any atom is -0.458 e. The number of rotatable bonds is 8. The molecule has 29 heavy (non-hydrogen) atoms. The van der Waals surface area contributed by atoms with Gasteiger partial charge in [0.15, 0.2) is 0 Å². The van der Waals surface area contributed by atoms with Gasteiger partial charge in [-0.1, -0.05) is 84.9 Å². The van der Waals surface area contributed by atoms with Crippen LogP contribution in [0.3, 0.4) is 0 Å². The highest BCUT2D eigenvalue weighted by molar-refractivity contribution is 5.63. The average molecular weight is 380 g/mol. The Morgan fingerprint density at radius 1 is 0.414 bits per heavy atom. The molecule has 0 aromatic heterocycles. The molecule has 0 heterocycles. The van der Waals surface area contributed by atoms with Crippen LogP contribution in [0.5, 0.6) is 11.5 Å². The third kappa shape index (κ3) is 5.49. The lowest BCUT2D eigenvalue weighted by molar-refractivity contribution is 0.120. The second kappa shape index (κ2) is 9.61. The topological polar surface area (TPSA) is 18.5 Å². The van der Waals surface area contributed by atoms with E-state index in [1.165, 1.54) is 22.3 Å². The minimum absolute atomic E-state index is 0.189. The second-order valence-corrected chi connectivity index (χ2v) is 6.93. The van der Waals surface area contributed by atoms with Crippen molar-refractivity contribution in [2.24, 2.45) is 0 Å². The largest absolute Gasteiger partial charge is 0.458 e. The van der Waals surface area contributed by atoms with E-state index in [0.29, 0.717) is 0 Å². The molecule has 4 rings (SSSR count). The smallest absolute Gasteiger partial charge is 0.230 e. The van der Waals surface area contributed by atoms with E-state index < -0.39 is 0 Å². The lowest BCUT2D eigenvalue weighted by Gasteiger charge is -2.10. The Hall–Kier alpha value is -3.52. The first-order chi connectivity index (χ1) is 14.4. The monoisotopic (exact) mass is 380 g/mol. The quantitative estimate of drug-likeness (QED) is 0.323. The molecule has 2 nitrogen and oxygen atoms in total. The molecular weight excluding hydrogens is 356 g/mol. The van der Waals surface area contributed by atoms with Crippen LogP contribution in [0.4, 0.5) is 0 Å². The molecule has 4 aromatic rings. The van der Waals surface area contributed by atoms with Crippen LogP contribution in [0, 0.1) is 0 Å². The molecule has 0 aliphatic carbocycles. The van der Waals surface area contributed by atoms with Crippen molar-refractivity contribution in [1.29, 1.82) is 0 Å². The zero-order valence-electron chi connectivity index (χ0n) is 16.3. The summed E-state index contributed by atoms with van der Waals surface area (Å²) in [6.45, 7) is 0.189. The Balaban J connectivity index is 1.24. The van der Waals surface area contributed by atoms with Crippen LogP contribution in [0.2, 0.25) is 0 Å². The van der Waals surface area contributed by atoms with Gasteiger partial charge in [0.05, 0.1) is 0 Å². The van der Waals surface area contributed by atoms with Crippen molar-refractivity contribution in [2.75, 3.05) is 6.79 Å². The second-order valence-electron chi connectivity index (χ2n) is 6.93. The van der Waals surface area contributed by atoms with Crippen molar-refractivity contribution >= 4 is 0 Å². The van der Waals surface area contributed by atoms with Gasteiger partial charge < -0.3 is 9.47 Å². The molecule has 0 saturated heterocycles. The number of hydrogen-bond acceptors (Lipinski definition) is 2. The molecule has 144 valence electrons. The zero-order valence-corrected chi connectivity index (χ0v) is 16.3. The van der Waals surface area contributed by atoms with Crippen LogP contribution in [0.25, 0.3) is 11.1 Å². The Kier molecular flexibility index (Phi) is 6.24.